The number of benzene rings is 1. The van der Waals surface area contributed by atoms with Crippen molar-refractivity contribution < 1.29 is 17.9 Å². The van der Waals surface area contributed by atoms with Crippen molar-refractivity contribution in [3.63, 3.8) is 0 Å². The zero-order chi connectivity index (χ0) is 22.1. The Hall–Kier alpha value is -2.07. The molecule has 162 valence electrons. The van der Waals surface area contributed by atoms with E-state index in [-0.39, 0.29) is 26.6 Å². The van der Waals surface area contributed by atoms with Crippen molar-refractivity contribution in [3.05, 3.63) is 56.4 Å². The molecule has 1 aromatic heterocycles. The normalized spacial score (nSPS) is 16.7. The summed E-state index contributed by atoms with van der Waals surface area (Å²) < 4.78 is 34.6. The number of nitrogens with one attached hydrogen (secondary N) is 1. The number of aryl methyl sites for hydroxylation is 1. The van der Waals surface area contributed by atoms with E-state index in [1.165, 1.54) is 33.7 Å². The van der Waals surface area contributed by atoms with E-state index in [1.54, 1.807) is 20.0 Å². The fourth-order valence-corrected chi connectivity index (χ4v) is 5.24. The lowest BCUT2D eigenvalue weighted by atomic mass is 10.3. The second kappa shape index (κ2) is 8.97. The molecule has 0 saturated carbocycles. The van der Waals surface area contributed by atoms with Crippen LogP contribution in [0.15, 0.2) is 40.0 Å². The first-order valence-corrected chi connectivity index (χ1v) is 11.4. The molecule has 1 atom stereocenters. The largest absolute Gasteiger partial charge is 0.488 e. The van der Waals surface area contributed by atoms with Crippen molar-refractivity contribution >= 4 is 39.1 Å². The van der Waals surface area contributed by atoms with Crippen molar-refractivity contribution in [1.82, 2.24) is 14.2 Å². The Morgan fingerprint density at radius 3 is 2.57 bits per heavy atom. The summed E-state index contributed by atoms with van der Waals surface area (Å²) in [5.41, 5.74) is 0.583. The van der Waals surface area contributed by atoms with E-state index in [0.717, 1.165) is 5.69 Å². The van der Waals surface area contributed by atoms with Crippen molar-refractivity contribution in [2.24, 2.45) is 7.05 Å². The van der Waals surface area contributed by atoms with Crippen LogP contribution in [0.2, 0.25) is 10.0 Å². The molecule has 1 aromatic carbocycles. The lowest BCUT2D eigenvalue weighted by molar-refractivity contribution is -0.129. The molecule has 1 amide bonds. The van der Waals surface area contributed by atoms with Crippen molar-refractivity contribution in [2.75, 3.05) is 19.6 Å². The summed E-state index contributed by atoms with van der Waals surface area (Å²) in [5, 5.41) is -0.0530. The number of amides is 1. The molecule has 0 radical (unpaired) electrons. The summed E-state index contributed by atoms with van der Waals surface area (Å²) in [7, 11) is -2.38. The average molecular weight is 474 g/mol. The van der Waals surface area contributed by atoms with Crippen LogP contribution in [0.4, 0.5) is 0 Å². The molecule has 1 unspecified atom stereocenters. The Morgan fingerprint density at radius 2 is 1.93 bits per heavy atom. The van der Waals surface area contributed by atoms with E-state index in [2.05, 4.69) is 4.72 Å². The molecular weight excluding hydrogens is 453 g/mol. The highest BCUT2D eigenvalue weighted by Gasteiger charge is 2.29. The molecule has 1 fully saturated rings. The molecule has 3 rings (SSSR count). The highest BCUT2D eigenvalue weighted by molar-refractivity contribution is 7.89. The number of pyridine rings is 1. The van der Waals surface area contributed by atoms with Gasteiger partial charge < -0.3 is 14.2 Å². The second-order valence-corrected chi connectivity index (χ2v) is 9.49. The number of aromatic nitrogens is 1. The van der Waals surface area contributed by atoms with Gasteiger partial charge in [0.15, 0.2) is 0 Å². The quantitative estimate of drug-likeness (QED) is 0.691. The lowest BCUT2D eigenvalue weighted by Gasteiger charge is -2.18. The van der Waals surface area contributed by atoms with Gasteiger partial charge in [-0.2, -0.15) is 0 Å². The van der Waals surface area contributed by atoms with Crippen LogP contribution >= 0.6 is 23.2 Å². The van der Waals surface area contributed by atoms with E-state index in [4.69, 9.17) is 27.9 Å². The van der Waals surface area contributed by atoms with Crippen LogP contribution in [0, 0.1) is 6.92 Å². The molecule has 0 spiro atoms. The summed E-state index contributed by atoms with van der Waals surface area (Å²) >= 11 is 11.9. The minimum Gasteiger partial charge on any atom is -0.488 e. The number of likely N-dealkylation sites (tertiary alicyclic amines) is 1. The van der Waals surface area contributed by atoms with E-state index < -0.39 is 22.5 Å². The van der Waals surface area contributed by atoms with Gasteiger partial charge in [-0.25, -0.2) is 13.1 Å². The van der Waals surface area contributed by atoms with Gasteiger partial charge in [-0.3, -0.25) is 9.59 Å². The van der Waals surface area contributed by atoms with E-state index in [0.29, 0.717) is 25.3 Å². The molecular formula is C19H21Cl2N3O5S. The van der Waals surface area contributed by atoms with Gasteiger partial charge in [0, 0.05) is 31.8 Å². The fraction of sp³-hybridized carbons (Fsp3) is 0.368. The molecule has 0 aliphatic carbocycles. The van der Waals surface area contributed by atoms with Gasteiger partial charge in [-0.05, 0) is 25.1 Å². The summed E-state index contributed by atoms with van der Waals surface area (Å²) in [4.78, 5) is 25.6. The third kappa shape index (κ3) is 4.97. The third-order valence-corrected chi connectivity index (χ3v) is 7.23. The summed E-state index contributed by atoms with van der Waals surface area (Å²) in [6, 6.07) is 7.51. The minimum absolute atomic E-state index is 0.0265. The van der Waals surface area contributed by atoms with Gasteiger partial charge in [0.2, 0.25) is 15.9 Å². The first-order chi connectivity index (χ1) is 14.1. The Balaban J connectivity index is 1.59. The second-order valence-electron chi connectivity index (χ2n) is 6.97. The van der Waals surface area contributed by atoms with Crippen LogP contribution in [0.1, 0.15) is 12.1 Å². The number of ether oxygens (including phenoxy) is 1. The zero-order valence-electron chi connectivity index (χ0n) is 16.4. The maximum absolute atomic E-state index is 12.5. The van der Waals surface area contributed by atoms with Gasteiger partial charge in [0.25, 0.3) is 5.56 Å². The molecule has 11 heteroatoms. The third-order valence-electron chi connectivity index (χ3n) is 4.88. The van der Waals surface area contributed by atoms with Gasteiger partial charge in [0.1, 0.15) is 16.7 Å². The summed E-state index contributed by atoms with van der Waals surface area (Å²) in [6.45, 7) is 2.08. The number of hydrogen-bond donors (Lipinski definition) is 1. The van der Waals surface area contributed by atoms with Gasteiger partial charge >= 0.3 is 0 Å². The molecule has 1 N–H and O–H groups in total. The zero-order valence-corrected chi connectivity index (χ0v) is 18.7. The number of nitrogens with zero attached hydrogens (tertiary/aromatic N) is 2. The van der Waals surface area contributed by atoms with E-state index >= 15 is 0 Å². The molecule has 1 saturated heterocycles. The van der Waals surface area contributed by atoms with Gasteiger partial charge in [-0.1, -0.05) is 29.3 Å². The highest BCUT2D eigenvalue weighted by atomic mass is 35.5. The minimum atomic E-state index is -4.05. The summed E-state index contributed by atoms with van der Waals surface area (Å²) in [6.07, 6.45) is 0.290. The monoisotopic (exact) mass is 473 g/mol. The van der Waals surface area contributed by atoms with Crippen molar-refractivity contribution in [3.8, 4) is 5.75 Å². The summed E-state index contributed by atoms with van der Waals surface area (Å²) in [5.74, 6) is 0.0528. The first-order valence-electron chi connectivity index (χ1n) is 9.14. The topological polar surface area (TPSA) is 97.7 Å². The number of halogens is 2. The van der Waals surface area contributed by atoms with E-state index in [9.17, 15) is 18.0 Å². The van der Waals surface area contributed by atoms with Crippen molar-refractivity contribution in [2.45, 2.75) is 24.3 Å². The van der Waals surface area contributed by atoms with Gasteiger partial charge in [0.05, 0.1) is 23.1 Å². The van der Waals surface area contributed by atoms with Crippen LogP contribution in [-0.4, -0.2) is 49.5 Å². The predicted molar refractivity (Wildman–Crippen MR) is 114 cm³/mol. The average Bonchev–Trinajstić information content (AvgIpc) is 3.12. The number of carbonyl (C=O) groups is 1. The molecule has 0 bridgehead atoms. The van der Waals surface area contributed by atoms with Crippen LogP contribution < -0.4 is 15.0 Å². The van der Waals surface area contributed by atoms with Crippen LogP contribution in [0.5, 0.6) is 5.75 Å². The Morgan fingerprint density at radius 1 is 1.27 bits per heavy atom. The predicted octanol–water partition coefficient (Wildman–Crippen LogP) is 1.96. The SMILES string of the molecule is Cc1cc(OC2CCN(C(=O)CNS(=O)(=O)c3c(Cl)cccc3Cl)C2)cc(=O)n1C. The smallest absolute Gasteiger partial charge is 0.254 e. The lowest BCUT2D eigenvalue weighted by Crippen LogP contribution is -2.39. The van der Waals surface area contributed by atoms with Crippen LogP contribution in [0.3, 0.4) is 0 Å². The first kappa shape index (κ1) is 22.6. The van der Waals surface area contributed by atoms with Crippen LogP contribution in [-0.2, 0) is 21.9 Å². The number of sulfonamides is 1. The Kier molecular flexibility index (Phi) is 6.76. The molecule has 8 nitrogen and oxygen atoms in total. The molecule has 30 heavy (non-hydrogen) atoms. The highest BCUT2D eigenvalue weighted by Crippen LogP contribution is 2.28. The maximum Gasteiger partial charge on any atom is 0.254 e. The number of rotatable bonds is 6. The molecule has 1 aliphatic rings. The Labute approximate surface area is 184 Å². The molecule has 1 aliphatic heterocycles. The molecule has 2 heterocycles. The van der Waals surface area contributed by atoms with Gasteiger partial charge in [-0.15, -0.1) is 0 Å². The maximum atomic E-state index is 12.5. The van der Waals surface area contributed by atoms with Crippen LogP contribution in [0.25, 0.3) is 0 Å². The van der Waals surface area contributed by atoms with E-state index in [1.807, 2.05) is 0 Å². The standard InChI is InChI=1S/C19H21Cl2N3O5S/c1-12-8-14(9-17(25)23(12)2)29-13-6-7-24(11-13)18(26)10-22-30(27,28)19-15(20)4-3-5-16(19)21/h3-5,8-9,13,22H,6-7,10-11H2,1-2H3. The fourth-order valence-electron chi connectivity index (χ4n) is 3.13. The number of carbonyl (C=O) groups excluding carboxylic acids is 1. The van der Waals surface area contributed by atoms with Crippen molar-refractivity contribution in [1.29, 1.82) is 0 Å². The molecule has 2 aromatic rings. The Bertz CT molecular complexity index is 1110. The number of hydrogen-bond acceptors (Lipinski definition) is 5.